The van der Waals surface area contributed by atoms with Crippen LogP contribution < -0.4 is 5.48 Å². The third kappa shape index (κ3) is 0.490. The zero-order valence-corrected chi connectivity index (χ0v) is 2.94. The van der Waals surface area contributed by atoms with Gasteiger partial charge in [0.15, 0.2) is 5.83 Å². The van der Waals surface area contributed by atoms with Crippen LogP contribution in [0.25, 0.3) is 0 Å². The summed E-state index contributed by atoms with van der Waals surface area (Å²) >= 11 is 0. The molecule has 0 bridgehead atoms. The van der Waals surface area contributed by atoms with Crippen LogP contribution in [0.3, 0.4) is 0 Å². The minimum absolute atomic E-state index is 0.0278. The Hall–Kier alpha value is -0.570. The van der Waals surface area contributed by atoms with Crippen molar-refractivity contribution in [3.8, 4) is 0 Å². The molecule has 0 saturated carbocycles. The molecule has 32 valence electrons. The van der Waals surface area contributed by atoms with Gasteiger partial charge in [0, 0.05) is 0 Å². The Labute approximate surface area is 34.6 Å². The minimum Gasteiger partial charge on any atom is -0.381 e. The van der Waals surface area contributed by atoms with Gasteiger partial charge in [0.2, 0.25) is 6.26 Å². The lowest BCUT2D eigenvalue weighted by Gasteiger charge is -1.76. The smallest absolute Gasteiger partial charge is 0.229 e. The van der Waals surface area contributed by atoms with Crippen molar-refractivity contribution in [3.63, 3.8) is 0 Å². The lowest BCUT2D eigenvalue weighted by Crippen LogP contribution is -1.93. The first-order valence-electron chi connectivity index (χ1n) is 1.50. The lowest BCUT2D eigenvalue weighted by atomic mass is 10.6. The van der Waals surface area contributed by atoms with Crippen LogP contribution >= 0.6 is 0 Å². The van der Waals surface area contributed by atoms with E-state index < -0.39 is 5.83 Å². The average molecular weight is 87.1 g/mol. The van der Waals surface area contributed by atoms with Crippen LogP contribution in [0.5, 0.6) is 0 Å². The third-order valence-corrected chi connectivity index (χ3v) is 0.424. The van der Waals surface area contributed by atoms with Gasteiger partial charge in [-0.2, -0.15) is 0 Å². The van der Waals surface area contributed by atoms with Crippen LogP contribution in [0.2, 0.25) is 0 Å². The van der Waals surface area contributed by atoms with Crippen molar-refractivity contribution in [1.82, 2.24) is 5.48 Å². The Bertz CT molecular complexity index is 80.9. The van der Waals surface area contributed by atoms with Crippen molar-refractivity contribution >= 4 is 0 Å². The van der Waals surface area contributed by atoms with Crippen LogP contribution in [0.15, 0.2) is 5.83 Å². The molecule has 1 heterocycles. The van der Waals surface area contributed by atoms with Crippen LogP contribution in [-0.4, -0.2) is 6.54 Å². The monoisotopic (exact) mass is 87.0 g/mol. The van der Waals surface area contributed by atoms with E-state index in [-0.39, 0.29) is 6.54 Å². The Morgan fingerprint density at radius 2 is 2.83 bits per heavy atom. The van der Waals surface area contributed by atoms with Gasteiger partial charge in [0.05, 0.1) is 0 Å². The highest BCUT2D eigenvalue weighted by atomic mass is 19.1. The molecule has 3 heteroatoms. The molecule has 0 unspecified atom stereocenters. The summed E-state index contributed by atoms with van der Waals surface area (Å²) in [6, 6.07) is 0. The molecule has 0 fully saturated rings. The summed E-state index contributed by atoms with van der Waals surface area (Å²) in [5.41, 5.74) is 3.14. The molecule has 2 nitrogen and oxygen atoms in total. The largest absolute Gasteiger partial charge is 0.381 e. The minimum atomic E-state index is -0.435. The van der Waals surface area contributed by atoms with E-state index in [1.165, 1.54) is 0 Å². The van der Waals surface area contributed by atoms with Crippen molar-refractivity contribution < 1.29 is 9.23 Å². The summed E-state index contributed by atoms with van der Waals surface area (Å²) in [6.07, 6.45) is 1.90. The molecule has 1 rings (SSSR count). The second-order valence-electron chi connectivity index (χ2n) is 0.885. The Balaban J connectivity index is 2.45. The Morgan fingerprint density at radius 3 is 3.00 bits per heavy atom. The molecule has 1 aliphatic heterocycles. The summed E-state index contributed by atoms with van der Waals surface area (Å²) in [4.78, 5) is 4.02. The zero-order chi connectivity index (χ0) is 4.41. The van der Waals surface area contributed by atoms with Gasteiger partial charge in [-0.3, -0.25) is 0 Å². The van der Waals surface area contributed by atoms with Crippen molar-refractivity contribution in [2.75, 3.05) is 6.54 Å². The molecule has 0 aromatic heterocycles. The van der Waals surface area contributed by atoms with Crippen molar-refractivity contribution in [2.45, 2.75) is 0 Å². The first-order valence-corrected chi connectivity index (χ1v) is 1.50. The molecule has 0 atom stereocenters. The molecule has 0 amide bonds. The number of hydrogen-bond acceptors (Lipinski definition) is 1. The summed E-state index contributed by atoms with van der Waals surface area (Å²) < 4.78 is 11.5. The molecule has 1 aliphatic rings. The molecule has 0 spiro atoms. The predicted octanol–water partition coefficient (Wildman–Crippen LogP) is 0.150. The van der Waals surface area contributed by atoms with E-state index in [1.807, 2.05) is 6.26 Å². The first-order chi connectivity index (χ1) is 2.89. The molecule has 0 N–H and O–H groups in total. The van der Waals surface area contributed by atoms with E-state index in [4.69, 9.17) is 0 Å². The van der Waals surface area contributed by atoms with Gasteiger partial charge in [-0.25, -0.2) is 4.39 Å². The molecule has 6 heavy (non-hydrogen) atoms. The van der Waals surface area contributed by atoms with Gasteiger partial charge < -0.3 is 4.84 Å². The molecule has 0 aliphatic carbocycles. The van der Waals surface area contributed by atoms with Crippen LogP contribution in [0, 0.1) is 6.26 Å². The van der Waals surface area contributed by atoms with Crippen molar-refractivity contribution in [1.29, 1.82) is 0 Å². The van der Waals surface area contributed by atoms with Crippen LogP contribution in [-0.2, 0) is 4.84 Å². The summed E-state index contributed by atoms with van der Waals surface area (Å²) in [6.45, 7) is 0.0278. The maximum atomic E-state index is 11.5. The fourth-order valence-electron chi connectivity index (χ4n) is 0.203. The Kier molecular flexibility index (Phi) is 0.759. The fourth-order valence-corrected chi connectivity index (χ4v) is 0.203. The van der Waals surface area contributed by atoms with E-state index in [0.717, 1.165) is 0 Å². The van der Waals surface area contributed by atoms with Crippen LogP contribution in [0.1, 0.15) is 0 Å². The standard InChI is InChI=1S/C3H2FNO/c4-3-1-5-6-2-3/h1H2. The van der Waals surface area contributed by atoms with Gasteiger partial charge >= 0.3 is 0 Å². The maximum Gasteiger partial charge on any atom is 0.229 e. The SMILES string of the molecule is FC1=[C]O[N]C1. The number of nitrogens with zero attached hydrogens (tertiary/aromatic N) is 1. The molecular formula is C3H2FNO. The molecule has 0 aromatic rings. The number of halogens is 1. The lowest BCUT2D eigenvalue weighted by molar-refractivity contribution is 0.142. The van der Waals surface area contributed by atoms with Crippen LogP contribution in [0.4, 0.5) is 4.39 Å². The van der Waals surface area contributed by atoms with E-state index in [2.05, 4.69) is 10.3 Å². The molecular weight excluding hydrogens is 85.0 g/mol. The quantitative estimate of drug-likeness (QED) is 0.412. The van der Waals surface area contributed by atoms with E-state index in [9.17, 15) is 4.39 Å². The van der Waals surface area contributed by atoms with Crippen molar-refractivity contribution in [2.24, 2.45) is 0 Å². The normalized spacial score (nSPS) is 19.8. The average Bonchev–Trinajstić information content (AvgIpc) is 1.86. The highest BCUT2D eigenvalue weighted by Gasteiger charge is 2.03. The van der Waals surface area contributed by atoms with Gasteiger partial charge in [0.25, 0.3) is 0 Å². The van der Waals surface area contributed by atoms with E-state index >= 15 is 0 Å². The molecule has 0 saturated heterocycles. The molecule has 2 radical (unpaired) electrons. The second kappa shape index (κ2) is 1.26. The van der Waals surface area contributed by atoms with Gasteiger partial charge in [0.1, 0.15) is 6.54 Å². The number of hydrogen-bond donors (Lipinski definition) is 0. The van der Waals surface area contributed by atoms with Gasteiger partial charge in [-0.1, -0.05) is 0 Å². The molecule has 0 aromatic carbocycles. The fraction of sp³-hybridized carbons (Fsp3) is 0.333. The number of hydroxylamine groups is 1. The summed E-state index contributed by atoms with van der Waals surface area (Å²) in [7, 11) is 0. The van der Waals surface area contributed by atoms with Gasteiger partial charge in [-0.15, -0.1) is 0 Å². The third-order valence-electron chi connectivity index (χ3n) is 0.424. The summed E-state index contributed by atoms with van der Waals surface area (Å²) in [5, 5.41) is 0. The topological polar surface area (TPSA) is 23.3 Å². The Morgan fingerprint density at radius 1 is 2.00 bits per heavy atom. The summed E-state index contributed by atoms with van der Waals surface area (Å²) in [5.74, 6) is -0.435. The predicted molar refractivity (Wildman–Crippen MR) is 16.0 cm³/mol. The highest BCUT2D eigenvalue weighted by Crippen LogP contribution is 1.98. The first kappa shape index (κ1) is 3.61. The van der Waals surface area contributed by atoms with Gasteiger partial charge in [-0.05, 0) is 5.48 Å². The zero-order valence-electron chi connectivity index (χ0n) is 2.94. The van der Waals surface area contributed by atoms with Crippen molar-refractivity contribution in [3.05, 3.63) is 12.1 Å². The van der Waals surface area contributed by atoms with E-state index in [1.54, 1.807) is 0 Å². The maximum absolute atomic E-state index is 11.5. The second-order valence-corrected chi connectivity index (χ2v) is 0.885. The van der Waals surface area contributed by atoms with E-state index in [0.29, 0.717) is 0 Å². The highest BCUT2D eigenvalue weighted by molar-refractivity contribution is 4.84. The number of rotatable bonds is 0.